The molecule has 1 aromatic heterocycles. The number of likely N-dealkylation sites (N-methyl/N-ethyl adjacent to an activating group) is 2. The molecule has 1 aromatic rings. The second kappa shape index (κ2) is 7.71. The molecule has 0 aliphatic carbocycles. The first-order chi connectivity index (χ1) is 8.62. The highest BCUT2D eigenvalue weighted by Gasteiger charge is 2.20. The summed E-state index contributed by atoms with van der Waals surface area (Å²) in [5.74, 6) is 0.486. The Balaban J connectivity index is 2.67. The van der Waals surface area contributed by atoms with Crippen molar-refractivity contribution in [1.29, 1.82) is 0 Å². The summed E-state index contributed by atoms with van der Waals surface area (Å²) in [5.41, 5.74) is 0.904. The first kappa shape index (κ1) is 15.4. The number of hydrogen-bond acceptors (Lipinski definition) is 4. The van der Waals surface area contributed by atoms with Crippen LogP contribution in [-0.4, -0.2) is 35.9 Å². The molecule has 6 heteroatoms. The summed E-state index contributed by atoms with van der Waals surface area (Å²) in [6.45, 7) is 5.07. The van der Waals surface area contributed by atoms with E-state index in [1.807, 2.05) is 24.3 Å². The molecule has 102 valence electrons. The van der Waals surface area contributed by atoms with Crippen LogP contribution in [0.25, 0.3) is 0 Å². The van der Waals surface area contributed by atoms with E-state index >= 15 is 0 Å². The third-order valence-corrected chi connectivity index (χ3v) is 3.95. The standard InChI is InChI=1S/C12H20ClN3OS/c1-4-10(12-15-9(6-13)8-18-12)16(3)7-11(17)14-5-2/h8,10H,4-7H2,1-3H3,(H,14,17). The van der Waals surface area contributed by atoms with Crippen LogP contribution >= 0.6 is 22.9 Å². The highest BCUT2D eigenvalue weighted by Crippen LogP contribution is 2.26. The number of nitrogens with zero attached hydrogens (tertiary/aromatic N) is 2. The predicted octanol–water partition coefficient (Wildman–Crippen LogP) is 2.40. The molecule has 0 aliphatic heterocycles. The summed E-state index contributed by atoms with van der Waals surface area (Å²) in [4.78, 5) is 18.1. The maximum Gasteiger partial charge on any atom is 0.234 e. The van der Waals surface area contributed by atoms with Crippen molar-refractivity contribution in [3.05, 3.63) is 16.1 Å². The first-order valence-electron chi connectivity index (χ1n) is 6.09. The molecular formula is C12H20ClN3OS. The number of alkyl halides is 1. The third-order valence-electron chi connectivity index (χ3n) is 2.68. The zero-order chi connectivity index (χ0) is 13.5. The number of aromatic nitrogens is 1. The number of carbonyl (C=O) groups excluding carboxylic acids is 1. The van der Waals surface area contributed by atoms with Crippen LogP contribution in [0.4, 0.5) is 0 Å². The number of nitrogens with one attached hydrogen (secondary N) is 1. The SMILES string of the molecule is CCNC(=O)CN(C)C(CC)c1nc(CCl)cs1. The average molecular weight is 290 g/mol. The Kier molecular flexibility index (Phi) is 6.60. The summed E-state index contributed by atoms with van der Waals surface area (Å²) in [6, 6.07) is 0.176. The molecule has 1 N–H and O–H groups in total. The second-order valence-corrected chi connectivity index (χ2v) is 5.26. The Morgan fingerprint density at radius 2 is 2.33 bits per heavy atom. The second-order valence-electron chi connectivity index (χ2n) is 4.10. The third kappa shape index (κ3) is 4.23. The highest BCUT2D eigenvalue weighted by atomic mass is 35.5. The van der Waals surface area contributed by atoms with Gasteiger partial charge in [-0.1, -0.05) is 6.92 Å². The average Bonchev–Trinajstić information content (AvgIpc) is 2.78. The van der Waals surface area contributed by atoms with Crippen LogP contribution in [0.15, 0.2) is 5.38 Å². The molecule has 1 atom stereocenters. The van der Waals surface area contributed by atoms with E-state index in [9.17, 15) is 4.79 Å². The van der Waals surface area contributed by atoms with E-state index in [0.717, 1.165) is 17.1 Å². The molecule has 0 saturated carbocycles. The van der Waals surface area contributed by atoms with Gasteiger partial charge in [-0.25, -0.2) is 4.98 Å². The van der Waals surface area contributed by atoms with Gasteiger partial charge in [-0.15, -0.1) is 22.9 Å². The van der Waals surface area contributed by atoms with E-state index in [2.05, 4.69) is 17.2 Å². The summed E-state index contributed by atoms with van der Waals surface area (Å²) in [7, 11) is 1.95. The molecule has 1 rings (SSSR count). The fourth-order valence-electron chi connectivity index (χ4n) is 1.80. The molecular weight excluding hydrogens is 270 g/mol. The lowest BCUT2D eigenvalue weighted by Gasteiger charge is -2.24. The Hall–Kier alpha value is -0.650. The number of halogens is 1. The van der Waals surface area contributed by atoms with Crippen molar-refractivity contribution in [2.24, 2.45) is 0 Å². The van der Waals surface area contributed by atoms with Crippen LogP contribution in [0, 0.1) is 0 Å². The number of amides is 1. The van der Waals surface area contributed by atoms with Crippen LogP contribution in [0.2, 0.25) is 0 Å². The lowest BCUT2D eigenvalue weighted by molar-refractivity contribution is -0.122. The number of thiazole rings is 1. The minimum Gasteiger partial charge on any atom is -0.355 e. The molecule has 1 amide bonds. The van der Waals surface area contributed by atoms with Crippen molar-refractivity contribution < 1.29 is 4.79 Å². The molecule has 0 radical (unpaired) electrons. The maximum absolute atomic E-state index is 11.6. The number of rotatable bonds is 7. The Morgan fingerprint density at radius 3 is 2.83 bits per heavy atom. The van der Waals surface area contributed by atoms with E-state index in [-0.39, 0.29) is 11.9 Å². The van der Waals surface area contributed by atoms with Crippen LogP contribution in [-0.2, 0) is 10.7 Å². The highest BCUT2D eigenvalue weighted by molar-refractivity contribution is 7.09. The molecule has 0 saturated heterocycles. The molecule has 0 aliphatic rings. The summed E-state index contributed by atoms with van der Waals surface area (Å²) in [6.07, 6.45) is 0.922. The molecule has 1 heterocycles. The fraction of sp³-hybridized carbons (Fsp3) is 0.667. The molecule has 0 aromatic carbocycles. The van der Waals surface area contributed by atoms with Crippen LogP contribution in [0.1, 0.15) is 37.0 Å². The van der Waals surface area contributed by atoms with Crippen LogP contribution in [0.3, 0.4) is 0 Å². The molecule has 0 spiro atoms. The van der Waals surface area contributed by atoms with Crippen LogP contribution < -0.4 is 5.32 Å². The lowest BCUT2D eigenvalue weighted by Crippen LogP contribution is -2.36. The zero-order valence-corrected chi connectivity index (χ0v) is 12.6. The van der Waals surface area contributed by atoms with Crippen molar-refractivity contribution in [3.63, 3.8) is 0 Å². The van der Waals surface area contributed by atoms with Gasteiger partial charge in [0.25, 0.3) is 0 Å². The van der Waals surface area contributed by atoms with Crippen molar-refractivity contribution in [2.45, 2.75) is 32.2 Å². The van der Waals surface area contributed by atoms with E-state index in [1.54, 1.807) is 11.3 Å². The summed E-state index contributed by atoms with van der Waals surface area (Å²) >= 11 is 7.37. The fourth-order valence-corrected chi connectivity index (χ4v) is 3.10. The van der Waals surface area contributed by atoms with Crippen molar-refractivity contribution in [3.8, 4) is 0 Å². The van der Waals surface area contributed by atoms with Gasteiger partial charge >= 0.3 is 0 Å². The van der Waals surface area contributed by atoms with Gasteiger partial charge in [0.05, 0.1) is 24.2 Å². The van der Waals surface area contributed by atoms with Gasteiger partial charge in [-0.3, -0.25) is 9.69 Å². The largest absolute Gasteiger partial charge is 0.355 e. The van der Waals surface area contributed by atoms with Crippen LogP contribution in [0.5, 0.6) is 0 Å². The summed E-state index contributed by atoms with van der Waals surface area (Å²) in [5, 5.41) is 5.81. The van der Waals surface area contributed by atoms with Gasteiger partial charge in [0.1, 0.15) is 5.01 Å². The number of carbonyl (C=O) groups is 1. The van der Waals surface area contributed by atoms with E-state index < -0.39 is 0 Å². The van der Waals surface area contributed by atoms with E-state index in [0.29, 0.717) is 19.0 Å². The molecule has 4 nitrogen and oxygen atoms in total. The maximum atomic E-state index is 11.6. The van der Waals surface area contributed by atoms with Crippen molar-refractivity contribution in [1.82, 2.24) is 15.2 Å². The van der Waals surface area contributed by atoms with Crippen molar-refractivity contribution >= 4 is 28.8 Å². The summed E-state index contributed by atoms with van der Waals surface area (Å²) < 4.78 is 0. The quantitative estimate of drug-likeness (QED) is 0.784. The molecule has 0 fully saturated rings. The first-order valence-corrected chi connectivity index (χ1v) is 7.50. The monoisotopic (exact) mass is 289 g/mol. The molecule has 1 unspecified atom stereocenters. The van der Waals surface area contributed by atoms with Gasteiger partial charge in [0, 0.05) is 11.9 Å². The normalized spacial score (nSPS) is 12.7. The minimum absolute atomic E-state index is 0.0487. The molecule has 18 heavy (non-hydrogen) atoms. The smallest absolute Gasteiger partial charge is 0.234 e. The minimum atomic E-state index is 0.0487. The zero-order valence-electron chi connectivity index (χ0n) is 11.1. The Labute approximate surface area is 117 Å². The van der Waals surface area contributed by atoms with Gasteiger partial charge < -0.3 is 5.32 Å². The van der Waals surface area contributed by atoms with Crippen molar-refractivity contribution in [2.75, 3.05) is 20.1 Å². The van der Waals surface area contributed by atoms with Gasteiger partial charge in [0.15, 0.2) is 0 Å². The number of hydrogen-bond donors (Lipinski definition) is 1. The topological polar surface area (TPSA) is 45.2 Å². The van der Waals surface area contributed by atoms with Gasteiger partial charge in [-0.05, 0) is 20.4 Å². The Morgan fingerprint density at radius 1 is 1.61 bits per heavy atom. The van der Waals surface area contributed by atoms with Gasteiger partial charge in [0.2, 0.25) is 5.91 Å². The van der Waals surface area contributed by atoms with E-state index in [1.165, 1.54) is 0 Å². The van der Waals surface area contributed by atoms with E-state index in [4.69, 9.17) is 11.6 Å². The van der Waals surface area contributed by atoms with Gasteiger partial charge in [-0.2, -0.15) is 0 Å². The predicted molar refractivity (Wildman–Crippen MR) is 76.0 cm³/mol. The molecule has 0 bridgehead atoms. The lowest BCUT2D eigenvalue weighted by atomic mass is 10.2. The Bertz CT molecular complexity index is 383.